The monoisotopic (exact) mass is 1010 g/mol. The molecule has 12 rings (SSSR count). The van der Waals surface area contributed by atoms with Gasteiger partial charge >= 0.3 is 0 Å². The number of fused-ring (bicyclic) bond motifs is 9. The molecule has 3 heteroatoms. The Morgan fingerprint density at radius 1 is 0.253 bits per heavy atom. The van der Waals surface area contributed by atoms with Crippen LogP contribution in [0.25, 0.3) is 33.4 Å². The second kappa shape index (κ2) is 30.7. The first kappa shape index (κ1) is 61.0. The van der Waals surface area contributed by atoms with Crippen molar-refractivity contribution >= 4 is 25.0 Å². The topological polar surface area (TPSA) is 0 Å². The molecule has 3 aliphatic rings. The van der Waals surface area contributed by atoms with Gasteiger partial charge in [-0.15, -0.1) is 0 Å². The summed E-state index contributed by atoms with van der Waals surface area (Å²) < 4.78 is 0. The molecule has 3 aliphatic carbocycles. The lowest BCUT2D eigenvalue weighted by atomic mass is 9.58. The maximum atomic E-state index is 5.75. The predicted molar refractivity (Wildman–Crippen MR) is 340 cm³/mol. The van der Waals surface area contributed by atoms with Gasteiger partial charge in [0.15, 0.2) is 0 Å². The van der Waals surface area contributed by atoms with E-state index in [9.17, 15) is 0 Å². The van der Waals surface area contributed by atoms with Crippen LogP contribution in [0.5, 0.6) is 0 Å². The highest BCUT2D eigenvalue weighted by Gasteiger charge is 2.18. The highest BCUT2D eigenvalue weighted by Crippen LogP contribution is 2.37. The van der Waals surface area contributed by atoms with E-state index in [1.807, 2.05) is 26.0 Å². The van der Waals surface area contributed by atoms with E-state index in [2.05, 4.69) is 271 Å². The third kappa shape index (κ3) is 20.2. The van der Waals surface area contributed by atoms with E-state index in [1.54, 1.807) is 0 Å². The van der Waals surface area contributed by atoms with Gasteiger partial charge in [-0.3, -0.25) is 0 Å². The number of hydrogen-bond acceptors (Lipinski definition) is 0. The van der Waals surface area contributed by atoms with Crippen molar-refractivity contribution in [2.75, 3.05) is 0 Å². The molecule has 0 saturated heterocycles. The van der Waals surface area contributed by atoms with Gasteiger partial charge in [-0.25, -0.2) is 0 Å². The highest BCUT2D eigenvalue weighted by atomic mass is 35.5. The van der Waals surface area contributed by atoms with Crippen molar-refractivity contribution in [3.8, 4) is 33.4 Å². The first-order valence-corrected chi connectivity index (χ1v) is 27.1. The molecule has 0 nitrogen and oxygen atoms in total. The zero-order valence-corrected chi connectivity index (χ0v) is 48.0. The van der Waals surface area contributed by atoms with E-state index < -0.39 is 0 Å². The molecule has 9 aromatic rings. The van der Waals surface area contributed by atoms with E-state index >= 15 is 0 Å². The van der Waals surface area contributed by atoms with Crippen LogP contribution >= 0.6 is 11.6 Å². The van der Waals surface area contributed by atoms with Crippen LogP contribution in [0.2, 0.25) is 46.0 Å². The first-order chi connectivity index (χ1) is 35.4. The van der Waals surface area contributed by atoms with Crippen LogP contribution < -0.4 is 0 Å². The van der Waals surface area contributed by atoms with Crippen molar-refractivity contribution in [3.05, 3.63) is 283 Å². The summed E-state index contributed by atoms with van der Waals surface area (Å²) in [6, 6.07) is 71.1. The highest BCUT2D eigenvalue weighted by molar-refractivity contribution is 6.54. The molecule has 0 heterocycles. The van der Waals surface area contributed by atoms with Crippen LogP contribution in [0.4, 0.5) is 0 Å². The Morgan fingerprint density at radius 2 is 0.387 bits per heavy atom. The van der Waals surface area contributed by atoms with Gasteiger partial charge in [0.1, 0.15) is 13.4 Å². The molecular formula is C72H85B2Cl. The van der Waals surface area contributed by atoms with Crippen LogP contribution in [0.3, 0.4) is 0 Å². The lowest BCUT2D eigenvalue weighted by Crippen LogP contribution is -1.84. The van der Waals surface area contributed by atoms with E-state index in [0.29, 0.717) is 0 Å². The average Bonchev–Trinajstić information content (AvgIpc) is 4.03. The van der Waals surface area contributed by atoms with E-state index in [-0.39, 0.29) is 7.43 Å². The minimum atomic E-state index is 0. The summed E-state index contributed by atoms with van der Waals surface area (Å²) in [6.45, 7) is 31.5. The van der Waals surface area contributed by atoms with E-state index in [1.165, 1.54) is 111 Å². The summed E-state index contributed by atoms with van der Waals surface area (Å²) in [5.74, 6) is 0. The summed E-state index contributed by atoms with van der Waals surface area (Å²) in [4.78, 5) is 0. The molecule has 0 amide bonds. The van der Waals surface area contributed by atoms with E-state index in [4.69, 9.17) is 11.6 Å². The smallest absolute Gasteiger partial charge is 0.0865 e. The van der Waals surface area contributed by atoms with Gasteiger partial charge in [0.25, 0.3) is 0 Å². The third-order valence-electron chi connectivity index (χ3n) is 12.0. The van der Waals surface area contributed by atoms with Gasteiger partial charge < -0.3 is 0 Å². The van der Waals surface area contributed by atoms with Crippen molar-refractivity contribution in [2.24, 2.45) is 0 Å². The van der Waals surface area contributed by atoms with Gasteiger partial charge in [-0.2, -0.15) is 0 Å². The van der Waals surface area contributed by atoms with Gasteiger partial charge in [0.05, 0.1) is 0 Å². The van der Waals surface area contributed by atoms with Gasteiger partial charge in [0.2, 0.25) is 0 Å². The second-order valence-corrected chi connectivity index (χ2v) is 22.0. The number of aryl methyl sites for hydroxylation is 8. The van der Waals surface area contributed by atoms with Crippen molar-refractivity contribution in [3.63, 3.8) is 0 Å². The van der Waals surface area contributed by atoms with Crippen molar-refractivity contribution in [1.29, 1.82) is 0 Å². The van der Waals surface area contributed by atoms with Gasteiger partial charge in [-0.05, 0) is 165 Å². The molecule has 0 unspecified atom stereocenters. The summed E-state index contributed by atoms with van der Waals surface area (Å²) in [7, 11) is 0. The minimum Gasteiger partial charge on any atom is -0.0865 e. The molecule has 0 bridgehead atoms. The Kier molecular flexibility index (Phi) is 24.9. The Bertz CT molecular complexity index is 2550. The molecule has 0 N–H and O–H groups in total. The largest absolute Gasteiger partial charge is 0.130 e. The van der Waals surface area contributed by atoms with Gasteiger partial charge in [-0.1, -0.05) is 281 Å². The Labute approximate surface area is 461 Å². The molecule has 0 radical (unpaired) electrons. The minimum absolute atomic E-state index is 0. The summed E-state index contributed by atoms with van der Waals surface area (Å²) in [5, 5.41) is 0.826. The molecular weight excluding hydrogens is 922 g/mol. The van der Waals surface area contributed by atoms with Crippen molar-refractivity contribution in [1.82, 2.24) is 0 Å². The van der Waals surface area contributed by atoms with Crippen LogP contribution in [0, 0.1) is 55.4 Å². The molecule has 75 heavy (non-hydrogen) atoms. The maximum Gasteiger partial charge on any atom is 0.130 e. The molecule has 386 valence electrons. The van der Waals surface area contributed by atoms with E-state index in [0.717, 1.165) is 37.7 Å². The zero-order chi connectivity index (χ0) is 53.7. The fourth-order valence-corrected chi connectivity index (χ4v) is 9.91. The predicted octanol–water partition coefficient (Wildman–Crippen LogP) is 21.3. The second-order valence-electron chi connectivity index (χ2n) is 21.6. The lowest BCUT2D eigenvalue weighted by molar-refractivity contribution is 1.26. The SMILES string of the molecule is C.CB(C)C.CB(C)C.Cc1cc(C)cc(C)c1.Cc1cc(C)cc(C)c1.Cc1cc(C)cc(Cl)c1.c1ccc2c(c1)Cc1ccccc1-2.c1ccc2c(c1)Cc1ccccc1-2.c1ccc2c(c1)Cc1ccccc1-2. The number of benzene rings is 9. The molecule has 0 aromatic heterocycles. The quantitative estimate of drug-likeness (QED) is 0.133. The molecule has 0 saturated carbocycles. The zero-order valence-electron chi connectivity index (χ0n) is 47.2. The number of hydrogen-bond donors (Lipinski definition) is 0. The van der Waals surface area contributed by atoms with Crippen molar-refractivity contribution in [2.45, 2.75) is 123 Å². The summed E-state index contributed by atoms with van der Waals surface area (Å²) in [6.07, 6.45) is 3.31. The normalized spacial score (nSPS) is 10.6. The standard InChI is InChI=1S/3C13H10.2C9H12.C8H9Cl.2C3H9B.CH4/c3*1-3-7-12-10(5-1)9-11-6-2-4-8-13(11)12;2*1-7-4-8(2)6-9(3)5-7;1-6-3-7(2)5-8(9)4-6;2*1-4(2)3;/h3*1-8H,9H2;2*4-6H,1-3H3;3-5H,1-2H3;2*1-3H3;1H4. The summed E-state index contributed by atoms with van der Waals surface area (Å²) >= 11 is 5.75. The third-order valence-corrected chi connectivity index (χ3v) is 12.3. The maximum absolute atomic E-state index is 5.75. The number of rotatable bonds is 0. The Balaban J connectivity index is 0.000000190. The average molecular weight is 1010 g/mol. The first-order valence-electron chi connectivity index (χ1n) is 26.7. The molecule has 0 spiro atoms. The molecule has 0 fully saturated rings. The fraction of sp³-hybridized carbons (Fsp3) is 0.250. The Hall–Kier alpha value is -6.60. The Morgan fingerprint density at radius 3 is 0.533 bits per heavy atom. The number of halogens is 1. The molecule has 9 aromatic carbocycles. The lowest BCUT2D eigenvalue weighted by Gasteiger charge is -1.98. The summed E-state index contributed by atoms with van der Waals surface area (Å²) in [5.41, 5.74) is 27.8. The fourth-order valence-electron chi connectivity index (χ4n) is 9.56. The van der Waals surface area contributed by atoms with Crippen LogP contribution in [-0.4, -0.2) is 13.4 Å². The van der Waals surface area contributed by atoms with Crippen LogP contribution in [0.1, 0.15) is 85.3 Å². The molecule has 0 aliphatic heterocycles. The molecule has 0 atom stereocenters. The van der Waals surface area contributed by atoms with Crippen molar-refractivity contribution < 1.29 is 0 Å². The van der Waals surface area contributed by atoms with Gasteiger partial charge in [0, 0.05) is 5.02 Å². The van der Waals surface area contributed by atoms with Crippen LogP contribution in [-0.2, 0) is 19.3 Å². The van der Waals surface area contributed by atoms with Crippen LogP contribution in [0.15, 0.2) is 200 Å².